The van der Waals surface area contributed by atoms with Gasteiger partial charge in [0, 0.05) is 75.9 Å². The van der Waals surface area contributed by atoms with E-state index in [1.165, 1.54) is 49.8 Å². The first-order valence-electron chi connectivity index (χ1n) is 16.4. The Morgan fingerprint density at radius 2 is 1.43 bits per heavy atom. The first-order valence-corrected chi connectivity index (χ1v) is 16.4. The molecule has 3 aliphatic heterocycles. The second-order valence-corrected chi connectivity index (χ2v) is 13.5. The van der Waals surface area contributed by atoms with Gasteiger partial charge in [0.2, 0.25) is 11.8 Å². The zero-order valence-electron chi connectivity index (χ0n) is 25.0. The van der Waals surface area contributed by atoms with E-state index in [1.54, 1.807) is 24.3 Å². The number of amides is 5. The predicted molar refractivity (Wildman–Crippen MR) is 161 cm³/mol. The van der Waals surface area contributed by atoms with Crippen molar-refractivity contribution in [2.24, 2.45) is 17.3 Å². The molecule has 9 heteroatoms. The molecule has 2 saturated carbocycles. The quantitative estimate of drug-likeness (QED) is 0.564. The van der Waals surface area contributed by atoms with E-state index in [2.05, 4.69) is 15.1 Å². The SMILES string of the molecule is O=C1CCN(c2ccc(C(=O)N3CCC4(CCC(CN5CCN(C(=O)C6CCCCC6)CC5)CC4)CC3)cc2)C(=O)N1. The van der Waals surface area contributed by atoms with Gasteiger partial charge >= 0.3 is 6.03 Å². The number of imide groups is 1. The summed E-state index contributed by atoms with van der Waals surface area (Å²) in [7, 11) is 0. The molecule has 5 aliphatic rings. The number of benzene rings is 1. The number of hydrogen-bond donors (Lipinski definition) is 1. The maximum atomic E-state index is 13.3. The van der Waals surface area contributed by atoms with Crippen molar-refractivity contribution in [3.63, 3.8) is 0 Å². The standard InChI is InChI=1S/C33H47N5O4/c39-29-12-17-38(32(42)34-29)28-8-6-27(7-9-28)31(41)36-18-15-33(16-19-36)13-10-25(11-14-33)24-35-20-22-37(23-21-35)30(40)26-4-2-1-3-5-26/h6-9,25-26H,1-5,10-24H2,(H,34,39,42). The summed E-state index contributed by atoms with van der Waals surface area (Å²) in [4.78, 5) is 58.0. The average Bonchev–Trinajstić information content (AvgIpc) is 3.03. The Morgan fingerprint density at radius 1 is 0.762 bits per heavy atom. The third-order valence-corrected chi connectivity index (χ3v) is 10.9. The zero-order valence-corrected chi connectivity index (χ0v) is 25.0. The summed E-state index contributed by atoms with van der Waals surface area (Å²) in [6.07, 6.45) is 13.4. The van der Waals surface area contributed by atoms with Crippen molar-refractivity contribution in [2.75, 3.05) is 57.3 Å². The van der Waals surface area contributed by atoms with Crippen molar-refractivity contribution < 1.29 is 19.2 Å². The van der Waals surface area contributed by atoms with Gasteiger partial charge in [0.1, 0.15) is 0 Å². The van der Waals surface area contributed by atoms with Crippen LogP contribution in [-0.4, -0.2) is 90.8 Å². The summed E-state index contributed by atoms with van der Waals surface area (Å²) < 4.78 is 0. The molecule has 42 heavy (non-hydrogen) atoms. The number of piperazine rings is 1. The van der Waals surface area contributed by atoms with E-state index in [9.17, 15) is 19.2 Å². The lowest BCUT2D eigenvalue weighted by Gasteiger charge is -2.47. The maximum Gasteiger partial charge on any atom is 0.328 e. The van der Waals surface area contributed by atoms with Gasteiger partial charge in [-0.1, -0.05) is 19.3 Å². The van der Waals surface area contributed by atoms with Gasteiger partial charge in [0.05, 0.1) is 0 Å². The minimum atomic E-state index is -0.412. The highest BCUT2D eigenvalue weighted by Gasteiger charge is 2.40. The van der Waals surface area contributed by atoms with Gasteiger partial charge in [0.15, 0.2) is 0 Å². The van der Waals surface area contributed by atoms with Crippen LogP contribution in [0.5, 0.6) is 0 Å². The second kappa shape index (κ2) is 12.7. The number of likely N-dealkylation sites (tertiary alicyclic amines) is 1. The molecule has 0 unspecified atom stereocenters. The minimum absolute atomic E-state index is 0.0597. The Hall–Kier alpha value is -2.94. The summed E-state index contributed by atoms with van der Waals surface area (Å²) in [5, 5.41) is 2.34. The first-order chi connectivity index (χ1) is 20.4. The Labute approximate surface area is 249 Å². The van der Waals surface area contributed by atoms with Crippen LogP contribution in [0.25, 0.3) is 0 Å². The normalized spacial score (nSPS) is 24.6. The predicted octanol–water partition coefficient (Wildman–Crippen LogP) is 4.27. The number of nitrogens with one attached hydrogen (secondary N) is 1. The molecule has 6 rings (SSSR count). The van der Waals surface area contributed by atoms with E-state index in [4.69, 9.17) is 0 Å². The molecule has 3 saturated heterocycles. The molecule has 5 fully saturated rings. The Balaban J connectivity index is 0.920. The minimum Gasteiger partial charge on any atom is -0.340 e. The fraction of sp³-hybridized carbons (Fsp3) is 0.697. The smallest absolute Gasteiger partial charge is 0.328 e. The molecule has 5 amide bonds. The molecule has 0 bridgehead atoms. The van der Waals surface area contributed by atoms with Crippen LogP contribution >= 0.6 is 0 Å². The van der Waals surface area contributed by atoms with Crippen molar-refractivity contribution in [1.82, 2.24) is 20.0 Å². The molecule has 0 radical (unpaired) electrons. The third kappa shape index (κ3) is 6.51. The van der Waals surface area contributed by atoms with Gasteiger partial charge < -0.3 is 9.80 Å². The molecule has 1 N–H and O–H groups in total. The van der Waals surface area contributed by atoms with Gasteiger partial charge in [-0.05, 0) is 87.0 Å². The monoisotopic (exact) mass is 577 g/mol. The van der Waals surface area contributed by atoms with Crippen molar-refractivity contribution in [3.05, 3.63) is 29.8 Å². The fourth-order valence-electron chi connectivity index (χ4n) is 8.06. The lowest BCUT2D eigenvalue weighted by molar-refractivity contribution is -0.138. The summed E-state index contributed by atoms with van der Waals surface area (Å²) >= 11 is 0. The van der Waals surface area contributed by atoms with Crippen LogP contribution in [0, 0.1) is 17.3 Å². The number of rotatable bonds is 5. The van der Waals surface area contributed by atoms with Crippen LogP contribution in [0.3, 0.4) is 0 Å². The topological polar surface area (TPSA) is 93.3 Å². The average molecular weight is 578 g/mol. The number of hydrogen-bond acceptors (Lipinski definition) is 5. The lowest BCUT2D eigenvalue weighted by Crippen LogP contribution is -2.51. The Morgan fingerprint density at radius 3 is 2.07 bits per heavy atom. The van der Waals surface area contributed by atoms with Crippen LogP contribution < -0.4 is 10.2 Å². The van der Waals surface area contributed by atoms with Crippen LogP contribution in [0.4, 0.5) is 10.5 Å². The molecule has 228 valence electrons. The molecule has 1 aromatic carbocycles. The van der Waals surface area contributed by atoms with Crippen molar-refractivity contribution in [1.29, 1.82) is 0 Å². The molecule has 2 aliphatic carbocycles. The number of nitrogens with zero attached hydrogens (tertiary/aromatic N) is 4. The number of piperidine rings is 1. The van der Waals surface area contributed by atoms with Gasteiger partial charge in [0.25, 0.3) is 5.91 Å². The van der Waals surface area contributed by atoms with E-state index in [0.29, 0.717) is 29.1 Å². The zero-order chi connectivity index (χ0) is 29.1. The fourth-order valence-corrected chi connectivity index (χ4v) is 8.06. The summed E-state index contributed by atoms with van der Waals surface area (Å²) in [6, 6.07) is 6.77. The summed E-state index contributed by atoms with van der Waals surface area (Å²) in [5.41, 5.74) is 1.72. The van der Waals surface area contributed by atoms with E-state index < -0.39 is 6.03 Å². The Kier molecular flexibility index (Phi) is 8.84. The number of carbonyl (C=O) groups excluding carboxylic acids is 4. The van der Waals surface area contributed by atoms with Gasteiger partial charge in [-0.25, -0.2) is 4.79 Å². The molecular formula is C33H47N5O4. The first kappa shape index (κ1) is 29.1. The molecular weight excluding hydrogens is 530 g/mol. The van der Waals surface area contributed by atoms with E-state index in [-0.39, 0.29) is 24.2 Å². The summed E-state index contributed by atoms with van der Waals surface area (Å²) in [6.45, 7) is 6.95. The largest absolute Gasteiger partial charge is 0.340 e. The molecule has 1 spiro atoms. The van der Waals surface area contributed by atoms with Crippen LogP contribution in [0.15, 0.2) is 24.3 Å². The van der Waals surface area contributed by atoms with E-state index >= 15 is 0 Å². The highest BCUT2D eigenvalue weighted by molar-refractivity contribution is 6.05. The molecule has 0 aromatic heterocycles. The van der Waals surface area contributed by atoms with Crippen LogP contribution in [0.1, 0.15) is 87.4 Å². The number of carbonyl (C=O) groups is 4. The lowest BCUT2D eigenvalue weighted by atomic mass is 9.65. The van der Waals surface area contributed by atoms with Crippen LogP contribution in [0.2, 0.25) is 0 Å². The van der Waals surface area contributed by atoms with Crippen molar-refractivity contribution in [3.8, 4) is 0 Å². The van der Waals surface area contributed by atoms with Gasteiger partial charge in [-0.2, -0.15) is 0 Å². The van der Waals surface area contributed by atoms with Gasteiger partial charge in [-0.3, -0.25) is 29.5 Å². The maximum absolute atomic E-state index is 13.3. The highest BCUT2D eigenvalue weighted by atomic mass is 16.2. The molecule has 9 nitrogen and oxygen atoms in total. The van der Waals surface area contributed by atoms with Crippen LogP contribution in [-0.2, 0) is 9.59 Å². The van der Waals surface area contributed by atoms with E-state index in [0.717, 1.165) is 77.4 Å². The third-order valence-electron chi connectivity index (χ3n) is 10.9. The van der Waals surface area contributed by atoms with Crippen molar-refractivity contribution in [2.45, 2.75) is 77.0 Å². The van der Waals surface area contributed by atoms with Gasteiger partial charge in [-0.15, -0.1) is 0 Å². The van der Waals surface area contributed by atoms with Crippen molar-refractivity contribution >= 4 is 29.4 Å². The molecule has 0 atom stereocenters. The second-order valence-electron chi connectivity index (χ2n) is 13.5. The number of urea groups is 1. The summed E-state index contributed by atoms with van der Waals surface area (Å²) in [5.74, 6) is 1.25. The Bertz CT molecular complexity index is 1140. The van der Waals surface area contributed by atoms with E-state index in [1.807, 2.05) is 4.90 Å². The molecule has 1 aromatic rings. The highest BCUT2D eigenvalue weighted by Crippen LogP contribution is 2.46. The molecule has 3 heterocycles. The number of anilines is 1.